The minimum Gasteiger partial charge on any atom is -0.466 e. The number of benzene rings is 1. The molecule has 0 amide bonds. The van der Waals surface area contributed by atoms with Crippen LogP contribution in [0.1, 0.15) is 23.9 Å². The maximum atomic E-state index is 11.7. The topological polar surface area (TPSA) is 47.0 Å². The van der Waals surface area contributed by atoms with Gasteiger partial charge in [-0.25, -0.2) is 0 Å². The van der Waals surface area contributed by atoms with Crippen molar-refractivity contribution in [1.82, 2.24) is 9.55 Å². The molecule has 0 spiro atoms. The van der Waals surface area contributed by atoms with Crippen molar-refractivity contribution in [2.24, 2.45) is 7.05 Å². The van der Waals surface area contributed by atoms with Crippen LogP contribution < -0.4 is 0 Å². The molecule has 0 aliphatic carbocycles. The molecule has 1 heterocycles. The van der Waals surface area contributed by atoms with Gasteiger partial charge in [0.1, 0.15) is 0 Å². The molecule has 4 nitrogen and oxygen atoms in total. The monoisotopic (exact) mass is 290 g/mol. The Hall–Kier alpha value is -1.88. The summed E-state index contributed by atoms with van der Waals surface area (Å²) < 4.78 is 7.47. The van der Waals surface area contributed by atoms with Gasteiger partial charge < -0.3 is 14.3 Å². The third-order valence-electron chi connectivity index (χ3n) is 3.16. The van der Waals surface area contributed by atoms with Gasteiger partial charge in [-0.15, -0.1) is 0 Å². The Morgan fingerprint density at radius 2 is 2.05 bits per heavy atom. The number of hydrogen-bond acceptors (Lipinski definition) is 3. The van der Waals surface area contributed by atoms with Crippen LogP contribution in [0.2, 0.25) is 0 Å². The van der Waals surface area contributed by atoms with Gasteiger partial charge in [0.05, 0.1) is 18.7 Å². The zero-order valence-corrected chi connectivity index (χ0v) is 12.5. The lowest BCUT2D eigenvalue weighted by atomic mass is 10.1. The summed E-state index contributed by atoms with van der Waals surface area (Å²) in [6, 6.07) is 10.1. The van der Waals surface area contributed by atoms with Crippen LogP contribution in [0.4, 0.5) is 0 Å². The van der Waals surface area contributed by atoms with Crippen molar-refractivity contribution in [2.75, 3.05) is 6.61 Å². The number of rotatable bonds is 5. The van der Waals surface area contributed by atoms with Crippen LogP contribution in [0.15, 0.2) is 30.3 Å². The van der Waals surface area contributed by atoms with Crippen LogP contribution in [-0.2, 0) is 29.4 Å². The van der Waals surface area contributed by atoms with Crippen molar-refractivity contribution in [3.05, 3.63) is 52.1 Å². The number of aromatic amines is 1. The van der Waals surface area contributed by atoms with Gasteiger partial charge in [-0.05, 0) is 24.7 Å². The van der Waals surface area contributed by atoms with Gasteiger partial charge in [-0.1, -0.05) is 30.3 Å². The number of hydrogen-bond donors (Lipinski definition) is 1. The molecule has 1 N–H and O–H groups in total. The number of aromatic nitrogens is 2. The average molecular weight is 290 g/mol. The molecule has 2 aromatic rings. The highest BCUT2D eigenvalue weighted by molar-refractivity contribution is 7.71. The van der Waals surface area contributed by atoms with Gasteiger partial charge >= 0.3 is 5.97 Å². The van der Waals surface area contributed by atoms with Gasteiger partial charge in [0.25, 0.3) is 0 Å². The fourth-order valence-corrected chi connectivity index (χ4v) is 2.36. The fraction of sp³-hybridized carbons (Fsp3) is 0.333. The lowest BCUT2D eigenvalue weighted by molar-refractivity contribution is -0.142. The fourth-order valence-electron chi connectivity index (χ4n) is 2.13. The quantitative estimate of drug-likeness (QED) is 0.680. The molecule has 0 radical (unpaired) electrons. The zero-order valence-electron chi connectivity index (χ0n) is 11.7. The van der Waals surface area contributed by atoms with Gasteiger partial charge in [0, 0.05) is 19.2 Å². The highest BCUT2D eigenvalue weighted by Gasteiger charge is 2.14. The predicted octanol–water partition coefficient (Wildman–Crippen LogP) is 2.78. The van der Waals surface area contributed by atoms with E-state index in [-0.39, 0.29) is 12.4 Å². The molecule has 20 heavy (non-hydrogen) atoms. The van der Waals surface area contributed by atoms with Crippen LogP contribution in [0, 0.1) is 4.77 Å². The molecular formula is C15H18N2O2S. The highest BCUT2D eigenvalue weighted by Crippen LogP contribution is 2.14. The van der Waals surface area contributed by atoms with E-state index in [9.17, 15) is 4.79 Å². The van der Waals surface area contributed by atoms with Crippen LogP contribution in [0.25, 0.3) is 0 Å². The third-order valence-corrected chi connectivity index (χ3v) is 3.53. The van der Waals surface area contributed by atoms with E-state index in [1.807, 2.05) is 29.8 Å². The van der Waals surface area contributed by atoms with Crippen LogP contribution >= 0.6 is 12.2 Å². The Labute approximate surface area is 123 Å². The van der Waals surface area contributed by atoms with Crippen molar-refractivity contribution in [2.45, 2.75) is 19.8 Å². The molecule has 0 saturated heterocycles. The van der Waals surface area contributed by atoms with Crippen molar-refractivity contribution >= 4 is 18.2 Å². The van der Waals surface area contributed by atoms with E-state index in [1.54, 1.807) is 6.92 Å². The number of carbonyl (C=O) groups is 1. The first-order valence-electron chi connectivity index (χ1n) is 6.58. The number of esters is 1. The molecule has 1 aromatic carbocycles. The minimum absolute atomic E-state index is 0.230. The number of nitrogens with zero attached hydrogens (tertiary/aromatic N) is 1. The summed E-state index contributed by atoms with van der Waals surface area (Å²) in [5.74, 6) is -0.230. The SMILES string of the molecule is CCOC(=O)Cc1c(Cc2ccccc2)[nH]c(=S)n1C. The van der Waals surface area contributed by atoms with E-state index in [2.05, 4.69) is 17.1 Å². The molecule has 0 saturated carbocycles. The second-order valence-electron chi connectivity index (χ2n) is 4.56. The molecule has 0 fully saturated rings. The van der Waals surface area contributed by atoms with Crippen LogP contribution in [0.5, 0.6) is 0 Å². The number of nitrogens with one attached hydrogen (secondary N) is 1. The first-order chi connectivity index (χ1) is 9.61. The van der Waals surface area contributed by atoms with Crippen molar-refractivity contribution in [3.63, 3.8) is 0 Å². The summed E-state index contributed by atoms with van der Waals surface area (Å²) in [5.41, 5.74) is 3.03. The van der Waals surface area contributed by atoms with Gasteiger partial charge in [0.2, 0.25) is 0 Å². The standard InChI is InChI=1S/C15H18N2O2S/c1-3-19-14(18)10-13-12(16-15(20)17(13)2)9-11-7-5-4-6-8-11/h4-8H,3,9-10H2,1-2H3,(H,16,20). The molecule has 0 aliphatic heterocycles. The first-order valence-corrected chi connectivity index (χ1v) is 6.99. The second kappa shape index (κ2) is 6.52. The van der Waals surface area contributed by atoms with Crippen LogP contribution in [0.3, 0.4) is 0 Å². The summed E-state index contributed by atoms with van der Waals surface area (Å²) in [6.45, 7) is 2.19. The molecule has 2 rings (SSSR count). The maximum absolute atomic E-state index is 11.7. The Morgan fingerprint density at radius 1 is 1.35 bits per heavy atom. The Balaban J connectivity index is 2.27. The zero-order chi connectivity index (χ0) is 14.5. The molecule has 5 heteroatoms. The number of H-pyrrole nitrogens is 1. The number of imidazole rings is 1. The molecule has 106 valence electrons. The number of carbonyl (C=O) groups excluding carboxylic acids is 1. The Bertz CT molecular complexity index is 644. The van der Waals surface area contributed by atoms with Gasteiger partial charge in [0.15, 0.2) is 4.77 Å². The Kier molecular flexibility index (Phi) is 4.74. The van der Waals surface area contributed by atoms with E-state index < -0.39 is 0 Å². The van der Waals surface area contributed by atoms with Crippen LogP contribution in [-0.4, -0.2) is 22.1 Å². The summed E-state index contributed by atoms with van der Waals surface area (Å²) >= 11 is 5.25. The predicted molar refractivity (Wildman–Crippen MR) is 80.2 cm³/mol. The largest absolute Gasteiger partial charge is 0.466 e. The van der Waals surface area contributed by atoms with E-state index in [0.717, 1.165) is 17.8 Å². The smallest absolute Gasteiger partial charge is 0.311 e. The third kappa shape index (κ3) is 3.36. The van der Waals surface area contributed by atoms with E-state index in [0.29, 0.717) is 11.4 Å². The second-order valence-corrected chi connectivity index (χ2v) is 4.95. The van der Waals surface area contributed by atoms with E-state index in [1.165, 1.54) is 5.56 Å². The lowest BCUT2D eigenvalue weighted by Crippen LogP contribution is -2.12. The summed E-state index contributed by atoms with van der Waals surface area (Å²) in [4.78, 5) is 14.9. The molecule has 0 aliphatic rings. The van der Waals surface area contributed by atoms with Crippen molar-refractivity contribution < 1.29 is 9.53 Å². The molecular weight excluding hydrogens is 272 g/mol. The van der Waals surface area contributed by atoms with Gasteiger partial charge in [-0.2, -0.15) is 0 Å². The Morgan fingerprint density at radius 3 is 2.70 bits per heavy atom. The maximum Gasteiger partial charge on any atom is 0.311 e. The highest BCUT2D eigenvalue weighted by atomic mass is 32.1. The molecule has 0 bridgehead atoms. The average Bonchev–Trinajstić information content (AvgIpc) is 2.68. The molecule has 0 atom stereocenters. The summed E-state index contributed by atoms with van der Waals surface area (Å²) in [7, 11) is 1.86. The molecule has 0 unspecified atom stereocenters. The van der Waals surface area contributed by atoms with Crippen molar-refractivity contribution in [3.8, 4) is 0 Å². The van der Waals surface area contributed by atoms with E-state index in [4.69, 9.17) is 17.0 Å². The lowest BCUT2D eigenvalue weighted by Gasteiger charge is -2.06. The van der Waals surface area contributed by atoms with Gasteiger partial charge in [-0.3, -0.25) is 4.79 Å². The normalized spacial score (nSPS) is 10.5. The summed E-state index contributed by atoms with van der Waals surface area (Å²) in [6.07, 6.45) is 0.958. The number of ether oxygens (including phenoxy) is 1. The summed E-state index contributed by atoms with van der Waals surface area (Å²) in [5, 5.41) is 0. The minimum atomic E-state index is -0.230. The van der Waals surface area contributed by atoms with Crippen molar-refractivity contribution in [1.29, 1.82) is 0 Å². The van der Waals surface area contributed by atoms with E-state index >= 15 is 0 Å². The first kappa shape index (κ1) is 14.5. The molecule has 1 aromatic heterocycles.